The molecule has 0 aromatic heterocycles. The van der Waals surface area contributed by atoms with Crippen LogP contribution in [0.3, 0.4) is 0 Å². The first kappa shape index (κ1) is 17.7. The van der Waals surface area contributed by atoms with Crippen molar-refractivity contribution in [3.8, 4) is 0 Å². The van der Waals surface area contributed by atoms with Crippen molar-refractivity contribution in [1.29, 1.82) is 0 Å². The lowest BCUT2D eigenvalue weighted by Gasteiger charge is -2.21. The van der Waals surface area contributed by atoms with E-state index in [2.05, 4.69) is 10.5 Å². The number of aliphatic carboxylic acids is 1. The molecule has 1 aliphatic rings. The minimum atomic E-state index is -1.33. The molecule has 0 radical (unpaired) electrons. The Kier molecular flexibility index (Phi) is 5.31. The predicted molar refractivity (Wildman–Crippen MR) is 94.3 cm³/mol. The normalized spacial score (nSPS) is 17.1. The first-order valence-electron chi connectivity index (χ1n) is 8.38. The molecule has 6 nitrogen and oxygen atoms in total. The Balaban J connectivity index is 1.60. The number of nitrogens with one attached hydrogen (secondary N) is 1. The number of carbonyl (C=O) groups excluding carboxylic acids is 2. The zero-order valence-electron chi connectivity index (χ0n) is 14.3. The van der Waals surface area contributed by atoms with Gasteiger partial charge in [-0.1, -0.05) is 65.3 Å². The molecule has 0 saturated carbocycles. The Morgan fingerprint density at radius 3 is 2.54 bits per heavy atom. The molecule has 1 aliphatic heterocycles. The Morgan fingerprint density at radius 1 is 1.19 bits per heavy atom. The molecule has 26 heavy (non-hydrogen) atoms. The first-order valence-corrected chi connectivity index (χ1v) is 8.38. The number of carboxylic acid groups (broad SMARTS) is 1. The van der Waals surface area contributed by atoms with Crippen LogP contribution in [0.25, 0.3) is 0 Å². The topological polar surface area (TPSA) is 90.8 Å². The average Bonchev–Trinajstić information content (AvgIpc) is 3.13. The van der Waals surface area contributed by atoms with Crippen molar-refractivity contribution in [1.82, 2.24) is 5.32 Å². The van der Waals surface area contributed by atoms with Crippen molar-refractivity contribution in [2.45, 2.75) is 31.9 Å². The van der Waals surface area contributed by atoms with Crippen LogP contribution in [0, 0.1) is 6.92 Å². The molecule has 1 heterocycles. The summed E-state index contributed by atoms with van der Waals surface area (Å²) in [5.74, 6) is -1.85. The monoisotopic (exact) mass is 351 g/mol. The van der Waals surface area contributed by atoms with E-state index in [4.69, 9.17) is 4.84 Å². The van der Waals surface area contributed by atoms with Crippen LogP contribution in [-0.2, 0) is 20.8 Å². The van der Waals surface area contributed by atoms with Gasteiger partial charge < -0.3 is 20.1 Å². The fraction of sp³-hybridized carbons (Fsp3) is 0.250. The zero-order chi connectivity index (χ0) is 18.5. The van der Waals surface area contributed by atoms with Gasteiger partial charge in [0.2, 0.25) is 6.10 Å². The molecular formula is C20H19N2O4-. The fourth-order valence-corrected chi connectivity index (χ4v) is 2.74. The van der Waals surface area contributed by atoms with Gasteiger partial charge in [0.25, 0.3) is 5.91 Å². The Labute approximate surface area is 151 Å². The standard InChI is InChI=1S/C20H20N2O4/c1-13-7-9-15(10-8-13)16-12-18(26-22-16)19(23)21-17(20(24)25)11-14-5-3-2-4-6-14/h2-10,17-18H,11-12H2,1H3,(H,21,23)(H,24,25)/p-1/t17-,18+/m1/s1. The number of rotatable bonds is 6. The summed E-state index contributed by atoms with van der Waals surface area (Å²) in [5.41, 5.74) is 3.47. The maximum Gasteiger partial charge on any atom is 0.264 e. The van der Waals surface area contributed by atoms with E-state index in [1.54, 1.807) is 12.1 Å². The van der Waals surface area contributed by atoms with E-state index >= 15 is 0 Å². The zero-order valence-corrected chi connectivity index (χ0v) is 14.3. The highest BCUT2D eigenvalue weighted by molar-refractivity contribution is 6.04. The van der Waals surface area contributed by atoms with E-state index in [0.717, 1.165) is 16.7 Å². The van der Waals surface area contributed by atoms with Gasteiger partial charge in [-0.3, -0.25) is 4.79 Å². The van der Waals surface area contributed by atoms with Crippen molar-refractivity contribution in [3.05, 3.63) is 71.3 Å². The number of oxime groups is 1. The summed E-state index contributed by atoms with van der Waals surface area (Å²) in [6.45, 7) is 1.99. The number of aryl methyl sites for hydroxylation is 1. The summed E-state index contributed by atoms with van der Waals surface area (Å²) in [5, 5.41) is 17.8. The minimum Gasteiger partial charge on any atom is -0.548 e. The van der Waals surface area contributed by atoms with Gasteiger partial charge in [-0.05, 0) is 24.5 Å². The maximum absolute atomic E-state index is 12.4. The molecule has 1 N–H and O–H groups in total. The summed E-state index contributed by atoms with van der Waals surface area (Å²) < 4.78 is 0. The summed E-state index contributed by atoms with van der Waals surface area (Å²) >= 11 is 0. The van der Waals surface area contributed by atoms with Crippen LogP contribution in [0.5, 0.6) is 0 Å². The third-order valence-electron chi connectivity index (χ3n) is 4.23. The highest BCUT2D eigenvalue weighted by atomic mass is 16.6. The lowest BCUT2D eigenvalue weighted by molar-refractivity contribution is -0.308. The molecule has 0 unspecified atom stereocenters. The SMILES string of the molecule is Cc1ccc(C2=NO[C@H](C(=O)N[C@H](Cc3ccccc3)C(=O)[O-])C2)cc1. The van der Waals surface area contributed by atoms with Crippen LogP contribution in [0.1, 0.15) is 23.1 Å². The van der Waals surface area contributed by atoms with E-state index in [1.165, 1.54) is 0 Å². The van der Waals surface area contributed by atoms with E-state index in [0.29, 0.717) is 12.1 Å². The average molecular weight is 351 g/mol. The Morgan fingerprint density at radius 2 is 1.88 bits per heavy atom. The molecular weight excluding hydrogens is 332 g/mol. The number of carbonyl (C=O) groups is 2. The number of benzene rings is 2. The summed E-state index contributed by atoms with van der Waals surface area (Å²) in [6, 6.07) is 15.7. The highest BCUT2D eigenvalue weighted by Crippen LogP contribution is 2.17. The Hall–Kier alpha value is -3.15. The van der Waals surface area contributed by atoms with Crippen LogP contribution >= 0.6 is 0 Å². The smallest absolute Gasteiger partial charge is 0.264 e. The van der Waals surface area contributed by atoms with Crippen molar-refractivity contribution in [3.63, 3.8) is 0 Å². The molecule has 3 rings (SSSR count). The molecule has 0 fully saturated rings. The van der Waals surface area contributed by atoms with E-state index in [-0.39, 0.29) is 6.42 Å². The molecule has 6 heteroatoms. The lowest BCUT2D eigenvalue weighted by atomic mass is 10.0. The highest BCUT2D eigenvalue weighted by Gasteiger charge is 2.30. The van der Waals surface area contributed by atoms with Crippen molar-refractivity contribution in [2.75, 3.05) is 0 Å². The molecule has 1 amide bonds. The molecule has 0 aliphatic carbocycles. The predicted octanol–water partition coefficient (Wildman–Crippen LogP) is 0.965. The minimum absolute atomic E-state index is 0.146. The third-order valence-corrected chi connectivity index (χ3v) is 4.23. The van der Waals surface area contributed by atoms with Crippen LogP contribution < -0.4 is 10.4 Å². The second-order valence-corrected chi connectivity index (χ2v) is 6.27. The number of hydrogen-bond acceptors (Lipinski definition) is 5. The Bertz CT molecular complexity index is 815. The van der Waals surface area contributed by atoms with Crippen molar-refractivity contribution >= 4 is 17.6 Å². The second-order valence-electron chi connectivity index (χ2n) is 6.27. The van der Waals surface area contributed by atoms with Crippen molar-refractivity contribution in [2.24, 2.45) is 5.16 Å². The summed E-state index contributed by atoms with van der Waals surface area (Å²) in [6.07, 6.45) is -0.406. The largest absolute Gasteiger partial charge is 0.548 e. The number of amides is 1. The molecule has 2 aromatic rings. The molecule has 0 bridgehead atoms. The van der Waals surface area contributed by atoms with Gasteiger partial charge in [-0.2, -0.15) is 0 Å². The van der Waals surface area contributed by atoms with Gasteiger partial charge in [0.1, 0.15) is 0 Å². The van der Waals surface area contributed by atoms with E-state index < -0.39 is 24.0 Å². The molecule has 0 spiro atoms. The van der Waals surface area contributed by atoms with Gasteiger partial charge in [-0.15, -0.1) is 0 Å². The van der Waals surface area contributed by atoms with Crippen LogP contribution in [-0.4, -0.2) is 29.7 Å². The van der Waals surface area contributed by atoms with E-state index in [9.17, 15) is 14.7 Å². The van der Waals surface area contributed by atoms with Gasteiger partial charge in [0, 0.05) is 6.42 Å². The third kappa shape index (κ3) is 4.27. The fourth-order valence-electron chi connectivity index (χ4n) is 2.74. The number of nitrogens with zero attached hydrogens (tertiary/aromatic N) is 1. The quantitative estimate of drug-likeness (QED) is 0.839. The van der Waals surface area contributed by atoms with E-state index in [1.807, 2.05) is 49.4 Å². The first-order chi connectivity index (χ1) is 12.5. The lowest BCUT2D eigenvalue weighted by Crippen LogP contribution is -2.51. The van der Waals surface area contributed by atoms with Crippen molar-refractivity contribution < 1.29 is 19.5 Å². The molecule has 134 valence electrons. The molecule has 2 aromatic carbocycles. The second kappa shape index (κ2) is 7.82. The molecule has 2 atom stereocenters. The summed E-state index contributed by atoms with van der Waals surface area (Å²) in [7, 11) is 0. The van der Waals surface area contributed by atoms with Crippen LogP contribution in [0.15, 0.2) is 59.8 Å². The van der Waals surface area contributed by atoms with Gasteiger partial charge in [-0.25, -0.2) is 0 Å². The van der Waals surface area contributed by atoms with Crippen LogP contribution in [0.2, 0.25) is 0 Å². The molecule has 0 saturated heterocycles. The number of carboxylic acids is 1. The van der Waals surface area contributed by atoms with Gasteiger partial charge in [0.05, 0.1) is 17.7 Å². The maximum atomic E-state index is 12.4. The van der Waals surface area contributed by atoms with Gasteiger partial charge in [0.15, 0.2) is 0 Å². The number of hydrogen-bond donors (Lipinski definition) is 1. The van der Waals surface area contributed by atoms with Crippen LogP contribution in [0.4, 0.5) is 0 Å². The summed E-state index contributed by atoms with van der Waals surface area (Å²) in [4.78, 5) is 29.0. The van der Waals surface area contributed by atoms with Gasteiger partial charge >= 0.3 is 0 Å².